The fraction of sp³-hybridized carbons (Fsp3) is 0.0870. The fourth-order valence-electron chi connectivity index (χ4n) is 2.55. The van der Waals surface area contributed by atoms with Crippen LogP contribution in [-0.4, -0.2) is 29.6 Å². The zero-order valence-electron chi connectivity index (χ0n) is 17.1. The van der Waals surface area contributed by atoms with Crippen molar-refractivity contribution in [1.29, 1.82) is 0 Å². The van der Waals surface area contributed by atoms with E-state index in [-0.39, 0.29) is 23.6 Å². The molecule has 0 aliphatic heterocycles. The molecule has 9 nitrogen and oxygen atoms in total. The van der Waals surface area contributed by atoms with Gasteiger partial charge in [-0.3, -0.25) is 14.9 Å². The molecule has 0 aliphatic rings. The second-order valence-electron chi connectivity index (χ2n) is 6.63. The number of esters is 1. The van der Waals surface area contributed by atoms with E-state index in [0.717, 1.165) is 5.56 Å². The van der Waals surface area contributed by atoms with E-state index >= 15 is 0 Å². The van der Waals surface area contributed by atoms with Gasteiger partial charge in [-0.2, -0.15) is 5.10 Å². The van der Waals surface area contributed by atoms with Crippen molar-refractivity contribution in [2.75, 3.05) is 6.61 Å². The first-order valence-electron chi connectivity index (χ1n) is 9.49. The second-order valence-corrected chi connectivity index (χ2v) is 6.63. The third-order valence-electron chi connectivity index (χ3n) is 4.22. The summed E-state index contributed by atoms with van der Waals surface area (Å²) in [4.78, 5) is 34.4. The molecule has 0 aromatic heterocycles. The highest BCUT2D eigenvalue weighted by atomic mass is 16.6. The quantitative estimate of drug-likeness (QED) is 0.190. The van der Waals surface area contributed by atoms with Crippen LogP contribution in [-0.2, 0) is 4.79 Å². The van der Waals surface area contributed by atoms with E-state index in [1.54, 1.807) is 36.4 Å². The van der Waals surface area contributed by atoms with Crippen LogP contribution in [0.15, 0.2) is 77.9 Å². The molecule has 162 valence electrons. The van der Waals surface area contributed by atoms with Crippen LogP contribution in [0.1, 0.15) is 21.5 Å². The number of nitro benzene ring substituents is 1. The van der Waals surface area contributed by atoms with Crippen molar-refractivity contribution >= 4 is 23.8 Å². The molecule has 3 aromatic rings. The number of non-ortho nitro benzene ring substituents is 1. The summed E-state index contributed by atoms with van der Waals surface area (Å²) < 4.78 is 10.7. The summed E-state index contributed by atoms with van der Waals surface area (Å²) in [5.41, 5.74) is 3.90. The topological polar surface area (TPSA) is 120 Å². The maximum Gasteiger partial charge on any atom is 0.343 e. The van der Waals surface area contributed by atoms with E-state index in [9.17, 15) is 19.7 Å². The van der Waals surface area contributed by atoms with E-state index in [1.807, 2.05) is 19.1 Å². The Kier molecular flexibility index (Phi) is 7.26. The minimum atomic E-state index is -0.684. The lowest BCUT2D eigenvalue weighted by atomic mass is 10.2. The molecule has 0 unspecified atom stereocenters. The van der Waals surface area contributed by atoms with Crippen molar-refractivity contribution in [2.45, 2.75) is 6.92 Å². The number of nitrogens with zero attached hydrogens (tertiary/aromatic N) is 2. The molecule has 0 spiro atoms. The molecule has 0 fully saturated rings. The van der Waals surface area contributed by atoms with Crippen LogP contribution in [0.3, 0.4) is 0 Å². The summed E-state index contributed by atoms with van der Waals surface area (Å²) in [6.45, 7) is 1.74. The lowest BCUT2D eigenvalue weighted by molar-refractivity contribution is -0.384. The molecule has 0 saturated heterocycles. The van der Waals surface area contributed by atoms with Gasteiger partial charge in [-0.05, 0) is 43.3 Å². The number of carbonyl (C=O) groups is 2. The number of nitro groups is 1. The monoisotopic (exact) mass is 433 g/mol. The number of carbonyl (C=O) groups excluding carboxylic acids is 2. The summed E-state index contributed by atoms with van der Waals surface area (Å²) in [6, 6.07) is 18.9. The normalized spacial score (nSPS) is 10.5. The van der Waals surface area contributed by atoms with Crippen molar-refractivity contribution in [3.63, 3.8) is 0 Å². The largest absolute Gasteiger partial charge is 0.484 e. The number of benzene rings is 3. The molecular weight excluding hydrogens is 414 g/mol. The third-order valence-corrected chi connectivity index (χ3v) is 4.22. The molecule has 0 radical (unpaired) electrons. The number of nitrogens with one attached hydrogen (secondary N) is 1. The van der Waals surface area contributed by atoms with E-state index in [1.165, 1.54) is 30.5 Å². The number of aryl methyl sites for hydroxylation is 1. The molecule has 0 saturated carbocycles. The highest BCUT2D eigenvalue weighted by Crippen LogP contribution is 2.19. The standard InChI is InChI=1S/C23H19N3O6/c1-16-6-12-20(13-7-16)31-15-22(27)25-24-14-18-4-2-3-5-21(18)32-23(28)17-8-10-19(11-9-17)26(29)30/h2-14H,15H2,1H3,(H,25,27). The lowest BCUT2D eigenvalue weighted by Crippen LogP contribution is -2.24. The number of amides is 1. The van der Waals surface area contributed by atoms with E-state index in [0.29, 0.717) is 11.3 Å². The Morgan fingerprint density at radius 3 is 2.41 bits per heavy atom. The lowest BCUT2D eigenvalue weighted by Gasteiger charge is -2.07. The van der Waals surface area contributed by atoms with Crippen molar-refractivity contribution in [1.82, 2.24) is 5.43 Å². The molecule has 0 atom stereocenters. The van der Waals surface area contributed by atoms with Gasteiger partial charge in [0.25, 0.3) is 11.6 Å². The number of hydrogen-bond acceptors (Lipinski definition) is 7. The summed E-state index contributed by atoms with van der Waals surface area (Å²) in [5, 5.41) is 14.6. The van der Waals surface area contributed by atoms with Gasteiger partial charge in [0.1, 0.15) is 11.5 Å². The Balaban J connectivity index is 1.57. The Bertz CT molecular complexity index is 1140. The van der Waals surface area contributed by atoms with Gasteiger partial charge in [-0.15, -0.1) is 0 Å². The van der Waals surface area contributed by atoms with Gasteiger partial charge in [0.15, 0.2) is 6.61 Å². The van der Waals surface area contributed by atoms with Crippen molar-refractivity contribution in [2.24, 2.45) is 5.10 Å². The summed E-state index contributed by atoms with van der Waals surface area (Å²) in [5.74, 6) is -0.360. The minimum absolute atomic E-state index is 0.129. The number of hydrazone groups is 1. The van der Waals surface area contributed by atoms with Gasteiger partial charge in [0, 0.05) is 17.7 Å². The maximum absolute atomic E-state index is 12.3. The van der Waals surface area contributed by atoms with Gasteiger partial charge in [-0.1, -0.05) is 29.8 Å². The van der Waals surface area contributed by atoms with E-state index in [4.69, 9.17) is 9.47 Å². The van der Waals surface area contributed by atoms with Crippen LogP contribution in [0.25, 0.3) is 0 Å². The number of hydrogen-bond donors (Lipinski definition) is 1. The molecule has 0 aliphatic carbocycles. The van der Waals surface area contributed by atoms with Gasteiger partial charge >= 0.3 is 5.97 Å². The average Bonchev–Trinajstić information content (AvgIpc) is 2.80. The smallest absolute Gasteiger partial charge is 0.343 e. The number of ether oxygens (including phenoxy) is 2. The molecule has 1 amide bonds. The fourth-order valence-corrected chi connectivity index (χ4v) is 2.55. The number of para-hydroxylation sites is 1. The minimum Gasteiger partial charge on any atom is -0.484 e. The van der Waals surface area contributed by atoms with E-state index in [2.05, 4.69) is 10.5 Å². The van der Waals surface area contributed by atoms with Gasteiger partial charge in [0.2, 0.25) is 0 Å². The first-order chi connectivity index (χ1) is 15.4. The molecule has 9 heteroatoms. The van der Waals surface area contributed by atoms with Gasteiger partial charge in [0.05, 0.1) is 16.7 Å². The van der Waals surface area contributed by atoms with Gasteiger partial charge < -0.3 is 9.47 Å². The number of rotatable bonds is 8. The summed E-state index contributed by atoms with van der Waals surface area (Å²) in [6.07, 6.45) is 1.34. The predicted octanol–water partition coefficient (Wildman–Crippen LogP) is 3.65. The zero-order valence-corrected chi connectivity index (χ0v) is 17.1. The van der Waals surface area contributed by atoms with Crippen molar-refractivity contribution in [3.8, 4) is 11.5 Å². The zero-order chi connectivity index (χ0) is 22.9. The molecule has 3 aromatic carbocycles. The van der Waals surface area contributed by atoms with Crippen LogP contribution >= 0.6 is 0 Å². The third kappa shape index (κ3) is 6.23. The second kappa shape index (κ2) is 10.5. The van der Waals surface area contributed by atoms with E-state index < -0.39 is 16.8 Å². The first-order valence-corrected chi connectivity index (χ1v) is 9.49. The van der Waals surface area contributed by atoms with Crippen LogP contribution < -0.4 is 14.9 Å². The highest BCUT2D eigenvalue weighted by molar-refractivity contribution is 5.93. The Hall–Kier alpha value is -4.53. The Morgan fingerprint density at radius 1 is 1.03 bits per heavy atom. The predicted molar refractivity (Wildman–Crippen MR) is 117 cm³/mol. The molecule has 0 heterocycles. The highest BCUT2D eigenvalue weighted by Gasteiger charge is 2.13. The summed E-state index contributed by atoms with van der Waals surface area (Å²) >= 11 is 0. The molecule has 0 bridgehead atoms. The molecular formula is C23H19N3O6. The average molecular weight is 433 g/mol. The molecule has 3 rings (SSSR count). The van der Waals surface area contributed by atoms with Crippen LogP contribution in [0.5, 0.6) is 11.5 Å². The maximum atomic E-state index is 12.3. The summed E-state index contributed by atoms with van der Waals surface area (Å²) in [7, 11) is 0. The SMILES string of the molecule is Cc1ccc(OCC(=O)NN=Cc2ccccc2OC(=O)c2ccc([N+](=O)[O-])cc2)cc1. The van der Waals surface area contributed by atoms with Crippen LogP contribution in [0.2, 0.25) is 0 Å². The first kappa shape index (κ1) is 22.2. The van der Waals surface area contributed by atoms with Crippen LogP contribution in [0.4, 0.5) is 5.69 Å². The van der Waals surface area contributed by atoms with Gasteiger partial charge in [-0.25, -0.2) is 10.2 Å². The van der Waals surface area contributed by atoms with Crippen molar-refractivity contribution < 1.29 is 24.0 Å². The van der Waals surface area contributed by atoms with Crippen molar-refractivity contribution in [3.05, 3.63) is 99.6 Å². The molecule has 32 heavy (non-hydrogen) atoms. The Morgan fingerprint density at radius 2 is 1.72 bits per heavy atom. The van der Waals surface area contributed by atoms with Crippen LogP contribution in [0, 0.1) is 17.0 Å². The molecule has 1 N–H and O–H groups in total. The Labute approximate surface area is 183 Å².